The Kier molecular flexibility index (Phi) is 2.68. The highest BCUT2D eigenvalue weighted by atomic mass is 19.3. The van der Waals surface area contributed by atoms with Gasteiger partial charge in [0.25, 0.3) is 5.92 Å². The Morgan fingerprint density at radius 3 is 2.50 bits per heavy atom. The van der Waals surface area contributed by atoms with E-state index in [1.165, 1.54) is 0 Å². The summed E-state index contributed by atoms with van der Waals surface area (Å²) in [5.41, 5.74) is 5.30. The molecule has 2 nitrogen and oxygen atoms in total. The summed E-state index contributed by atoms with van der Waals surface area (Å²) in [6.45, 7) is 4.35. The normalized spacial score (nSPS) is 31.0. The van der Waals surface area contributed by atoms with E-state index in [1.807, 2.05) is 13.8 Å². The van der Waals surface area contributed by atoms with E-state index in [9.17, 15) is 8.78 Å². The summed E-state index contributed by atoms with van der Waals surface area (Å²) in [7, 11) is 0. The van der Waals surface area contributed by atoms with Crippen LogP contribution in [0.25, 0.3) is 0 Å². The maximum absolute atomic E-state index is 13.0. The third kappa shape index (κ3) is 1.93. The van der Waals surface area contributed by atoms with Crippen LogP contribution in [0.4, 0.5) is 8.78 Å². The molecule has 0 aromatic carbocycles. The zero-order valence-corrected chi connectivity index (χ0v) is 7.56. The van der Waals surface area contributed by atoms with Gasteiger partial charge in [-0.05, 0) is 20.3 Å². The first-order valence-electron chi connectivity index (χ1n) is 4.31. The Bertz CT molecular complexity index is 159. The van der Waals surface area contributed by atoms with Crippen LogP contribution >= 0.6 is 0 Å². The lowest BCUT2D eigenvalue weighted by Gasteiger charge is -2.38. The van der Waals surface area contributed by atoms with E-state index in [1.54, 1.807) is 4.90 Å². The number of alkyl halides is 2. The molecule has 0 aromatic rings. The molecule has 0 bridgehead atoms. The lowest BCUT2D eigenvalue weighted by atomic mass is 10.0. The predicted octanol–water partition coefficient (Wildman–Crippen LogP) is 1.06. The minimum atomic E-state index is -2.71. The molecule has 1 saturated heterocycles. The molecule has 12 heavy (non-hydrogen) atoms. The zero-order valence-electron chi connectivity index (χ0n) is 7.56. The fourth-order valence-corrected chi connectivity index (χ4v) is 1.42. The Morgan fingerprint density at radius 1 is 1.50 bits per heavy atom. The zero-order chi connectivity index (χ0) is 9.35. The third-order valence-electron chi connectivity index (χ3n) is 2.41. The monoisotopic (exact) mass is 178 g/mol. The Labute approximate surface area is 71.7 Å². The third-order valence-corrected chi connectivity index (χ3v) is 2.41. The van der Waals surface area contributed by atoms with Crippen LogP contribution in [0.3, 0.4) is 0 Å². The molecule has 72 valence electrons. The standard InChI is InChI=1S/C8H16F2N2/c1-6(2)12-4-3-7(11)8(9,10)5-12/h6-7H,3-5,11H2,1-2H3/t7-/m0/s1. The number of nitrogens with zero attached hydrogens (tertiary/aromatic N) is 1. The van der Waals surface area contributed by atoms with Crippen LogP contribution in [-0.4, -0.2) is 36.0 Å². The summed E-state index contributed by atoms with van der Waals surface area (Å²) < 4.78 is 26.1. The van der Waals surface area contributed by atoms with Crippen molar-refractivity contribution in [1.29, 1.82) is 0 Å². The van der Waals surface area contributed by atoms with Crippen molar-refractivity contribution in [2.24, 2.45) is 5.73 Å². The maximum Gasteiger partial charge on any atom is 0.275 e. The van der Waals surface area contributed by atoms with Crippen molar-refractivity contribution >= 4 is 0 Å². The second kappa shape index (κ2) is 3.26. The molecule has 4 heteroatoms. The van der Waals surface area contributed by atoms with Gasteiger partial charge >= 0.3 is 0 Å². The van der Waals surface area contributed by atoms with E-state index in [2.05, 4.69) is 0 Å². The molecule has 1 fully saturated rings. The van der Waals surface area contributed by atoms with Gasteiger partial charge in [-0.1, -0.05) is 0 Å². The van der Waals surface area contributed by atoms with Gasteiger partial charge in [-0.2, -0.15) is 0 Å². The first kappa shape index (κ1) is 9.86. The average molecular weight is 178 g/mol. The molecule has 0 radical (unpaired) electrons. The van der Waals surface area contributed by atoms with Gasteiger partial charge in [0.1, 0.15) is 0 Å². The van der Waals surface area contributed by atoms with Crippen LogP contribution in [0.15, 0.2) is 0 Å². The van der Waals surface area contributed by atoms with Crippen molar-refractivity contribution in [2.45, 2.75) is 38.3 Å². The maximum atomic E-state index is 13.0. The highest BCUT2D eigenvalue weighted by molar-refractivity contribution is 4.90. The first-order chi connectivity index (χ1) is 5.43. The van der Waals surface area contributed by atoms with Crippen molar-refractivity contribution in [1.82, 2.24) is 4.90 Å². The summed E-state index contributed by atoms with van der Waals surface area (Å²) >= 11 is 0. The quantitative estimate of drug-likeness (QED) is 0.650. The van der Waals surface area contributed by atoms with Gasteiger partial charge in [-0.3, -0.25) is 4.90 Å². The topological polar surface area (TPSA) is 29.3 Å². The summed E-state index contributed by atoms with van der Waals surface area (Å²) in [4.78, 5) is 1.77. The number of rotatable bonds is 1. The van der Waals surface area contributed by atoms with Crippen molar-refractivity contribution < 1.29 is 8.78 Å². The van der Waals surface area contributed by atoms with Crippen LogP contribution in [-0.2, 0) is 0 Å². The molecular weight excluding hydrogens is 162 g/mol. The van der Waals surface area contributed by atoms with E-state index in [0.717, 1.165) is 0 Å². The van der Waals surface area contributed by atoms with Gasteiger partial charge in [-0.25, -0.2) is 8.78 Å². The van der Waals surface area contributed by atoms with Crippen LogP contribution in [0.2, 0.25) is 0 Å². The molecule has 0 aromatic heterocycles. The number of nitrogens with two attached hydrogens (primary N) is 1. The lowest BCUT2D eigenvalue weighted by Crippen LogP contribution is -2.56. The molecule has 0 unspecified atom stereocenters. The number of likely N-dealkylation sites (tertiary alicyclic amines) is 1. The minimum absolute atomic E-state index is 0.184. The van der Waals surface area contributed by atoms with Crippen LogP contribution < -0.4 is 5.73 Å². The van der Waals surface area contributed by atoms with E-state index in [0.29, 0.717) is 13.0 Å². The fraction of sp³-hybridized carbons (Fsp3) is 1.00. The highest BCUT2D eigenvalue weighted by Crippen LogP contribution is 2.26. The van der Waals surface area contributed by atoms with Crippen LogP contribution in [0.1, 0.15) is 20.3 Å². The molecular formula is C8H16F2N2. The Hall–Kier alpha value is -0.220. The van der Waals surface area contributed by atoms with Crippen LogP contribution in [0, 0.1) is 0 Å². The van der Waals surface area contributed by atoms with Gasteiger partial charge in [-0.15, -0.1) is 0 Å². The summed E-state index contributed by atoms with van der Waals surface area (Å²) in [6.07, 6.45) is 0.394. The predicted molar refractivity (Wildman–Crippen MR) is 44.2 cm³/mol. The second-order valence-electron chi connectivity index (χ2n) is 3.72. The fourth-order valence-electron chi connectivity index (χ4n) is 1.42. The van der Waals surface area contributed by atoms with E-state index in [-0.39, 0.29) is 12.6 Å². The van der Waals surface area contributed by atoms with Gasteiger partial charge in [0.15, 0.2) is 0 Å². The summed E-state index contributed by atoms with van der Waals surface area (Å²) in [5, 5.41) is 0. The summed E-state index contributed by atoms with van der Waals surface area (Å²) in [5.74, 6) is -2.71. The first-order valence-corrected chi connectivity index (χ1v) is 4.31. The van der Waals surface area contributed by atoms with Crippen molar-refractivity contribution in [3.8, 4) is 0 Å². The largest absolute Gasteiger partial charge is 0.323 e. The molecule has 1 heterocycles. The lowest BCUT2D eigenvalue weighted by molar-refractivity contribution is -0.0866. The minimum Gasteiger partial charge on any atom is -0.323 e. The molecule has 1 aliphatic rings. The Balaban J connectivity index is 2.57. The van der Waals surface area contributed by atoms with Crippen molar-refractivity contribution in [3.63, 3.8) is 0 Å². The molecule has 0 spiro atoms. The number of hydrogen-bond donors (Lipinski definition) is 1. The molecule has 2 N–H and O–H groups in total. The van der Waals surface area contributed by atoms with Gasteiger partial charge in [0.2, 0.25) is 0 Å². The van der Waals surface area contributed by atoms with Crippen LogP contribution in [0.5, 0.6) is 0 Å². The average Bonchev–Trinajstić information content (AvgIpc) is 1.94. The van der Waals surface area contributed by atoms with Crippen molar-refractivity contribution in [2.75, 3.05) is 13.1 Å². The molecule has 1 rings (SSSR count). The molecule has 0 amide bonds. The molecule has 1 aliphatic heterocycles. The molecule has 1 atom stereocenters. The molecule has 0 saturated carbocycles. The van der Waals surface area contributed by atoms with E-state index in [4.69, 9.17) is 5.73 Å². The van der Waals surface area contributed by atoms with Gasteiger partial charge in [0, 0.05) is 12.6 Å². The van der Waals surface area contributed by atoms with E-state index >= 15 is 0 Å². The highest BCUT2D eigenvalue weighted by Gasteiger charge is 2.42. The second-order valence-corrected chi connectivity index (χ2v) is 3.72. The number of halogens is 2. The number of hydrogen-bond acceptors (Lipinski definition) is 2. The Morgan fingerprint density at radius 2 is 2.08 bits per heavy atom. The van der Waals surface area contributed by atoms with Gasteiger partial charge in [0.05, 0.1) is 12.6 Å². The SMILES string of the molecule is CC(C)N1CC[C@H](N)C(F)(F)C1. The van der Waals surface area contributed by atoms with Crippen molar-refractivity contribution in [3.05, 3.63) is 0 Å². The van der Waals surface area contributed by atoms with E-state index < -0.39 is 12.0 Å². The number of piperidine rings is 1. The summed E-state index contributed by atoms with van der Waals surface area (Å²) in [6, 6.07) is -0.768. The van der Waals surface area contributed by atoms with Gasteiger partial charge < -0.3 is 5.73 Å². The smallest absolute Gasteiger partial charge is 0.275 e. The molecule has 0 aliphatic carbocycles.